The van der Waals surface area contributed by atoms with E-state index in [1.807, 2.05) is 22.9 Å². The van der Waals surface area contributed by atoms with Crippen molar-refractivity contribution in [3.8, 4) is 11.5 Å². The van der Waals surface area contributed by atoms with Gasteiger partial charge in [0, 0.05) is 33.0 Å². The number of ether oxygens (including phenoxy) is 2. The number of amides is 1. The lowest BCUT2D eigenvalue weighted by molar-refractivity contribution is -0.118. The smallest absolute Gasteiger partial charge is 0.387 e. The first-order valence-corrected chi connectivity index (χ1v) is 12.0. The molecule has 184 valence electrons. The van der Waals surface area contributed by atoms with Gasteiger partial charge in [-0.25, -0.2) is 0 Å². The molecule has 0 atom stereocenters. The van der Waals surface area contributed by atoms with Crippen LogP contribution in [0.2, 0.25) is 0 Å². The van der Waals surface area contributed by atoms with Crippen LogP contribution < -0.4 is 19.7 Å². The molecule has 0 aliphatic rings. The van der Waals surface area contributed by atoms with Crippen LogP contribution in [0, 0.1) is 0 Å². The summed E-state index contributed by atoms with van der Waals surface area (Å²) in [5.74, 6) is 1.61. The Balaban J connectivity index is 1.91. The van der Waals surface area contributed by atoms with E-state index in [9.17, 15) is 13.6 Å². The number of thiophene rings is 1. The summed E-state index contributed by atoms with van der Waals surface area (Å²) in [5, 5.41) is 15.7. The number of benzene rings is 1. The second-order valence-electron chi connectivity index (χ2n) is 7.48. The third kappa shape index (κ3) is 6.89. The molecule has 0 unspecified atom stereocenters. The molecule has 2 aromatic heterocycles. The van der Waals surface area contributed by atoms with E-state index in [1.165, 1.54) is 13.0 Å². The minimum atomic E-state index is -2.93. The summed E-state index contributed by atoms with van der Waals surface area (Å²) < 4.78 is 37.6. The summed E-state index contributed by atoms with van der Waals surface area (Å²) in [5.41, 5.74) is 1.96. The van der Waals surface area contributed by atoms with Gasteiger partial charge in [-0.15, -0.1) is 10.2 Å². The molecule has 0 fully saturated rings. The van der Waals surface area contributed by atoms with Gasteiger partial charge >= 0.3 is 6.61 Å². The molecular formula is C23H29F2N5O3S. The van der Waals surface area contributed by atoms with Crippen LogP contribution in [-0.4, -0.2) is 47.0 Å². The topological polar surface area (TPSA) is 81.5 Å². The Morgan fingerprint density at radius 1 is 1.21 bits per heavy atom. The first-order chi connectivity index (χ1) is 16.4. The molecule has 0 aliphatic carbocycles. The zero-order valence-electron chi connectivity index (χ0n) is 19.5. The van der Waals surface area contributed by atoms with E-state index in [0.717, 1.165) is 17.0 Å². The van der Waals surface area contributed by atoms with E-state index in [2.05, 4.69) is 30.5 Å². The molecule has 3 rings (SSSR count). The monoisotopic (exact) mass is 493 g/mol. The quantitative estimate of drug-likeness (QED) is 0.386. The highest BCUT2D eigenvalue weighted by atomic mass is 32.1. The Hall–Kier alpha value is -3.21. The number of alkyl halides is 2. The molecule has 1 aromatic carbocycles. The standard InChI is InChI=1S/C23H29F2N5O3S/c1-4-21-27-28-23(29(10-9-26-16(3)31)13-18-8-11-34-15-18)30(21)14-17-6-7-19(33-22(24)25)20(12-17)32-5-2/h6-8,11-12,15,22H,4-5,9-10,13-14H2,1-3H3,(H,26,31). The van der Waals surface area contributed by atoms with Gasteiger partial charge in [-0.1, -0.05) is 13.0 Å². The van der Waals surface area contributed by atoms with E-state index >= 15 is 0 Å². The number of hydrogen-bond acceptors (Lipinski definition) is 7. The molecule has 2 heterocycles. The third-order valence-corrected chi connectivity index (χ3v) is 5.71. The largest absolute Gasteiger partial charge is 0.490 e. The number of hydrogen-bond donors (Lipinski definition) is 1. The predicted octanol–water partition coefficient (Wildman–Crippen LogP) is 4.09. The van der Waals surface area contributed by atoms with Crippen molar-refractivity contribution < 1.29 is 23.0 Å². The Morgan fingerprint density at radius 3 is 2.68 bits per heavy atom. The van der Waals surface area contributed by atoms with E-state index in [-0.39, 0.29) is 17.4 Å². The summed E-state index contributed by atoms with van der Waals surface area (Å²) in [7, 11) is 0. The predicted molar refractivity (Wildman–Crippen MR) is 127 cm³/mol. The van der Waals surface area contributed by atoms with Crippen LogP contribution in [0.25, 0.3) is 0 Å². The number of carbonyl (C=O) groups is 1. The highest BCUT2D eigenvalue weighted by Gasteiger charge is 2.20. The van der Waals surface area contributed by atoms with Crippen molar-refractivity contribution in [3.05, 3.63) is 52.0 Å². The Kier molecular flexibility index (Phi) is 9.20. The number of anilines is 1. The Morgan fingerprint density at radius 2 is 2.03 bits per heavy atom. The second-order valence-corrected chi connectivity index (χ2v) is 8.26. The first-order valence-electron chi connectivity index (χ1n) is 11.0. The highest BCUT2D eigenvalue weighted by Crippen LogP contribution is 2.31. The summed E-state index contributed by atoms with van der Waals surface area (Å²) in [4.78, 5) is 13.5. The average molecular weight is 494 g/mol. The fraction of sp³-hybridized carbons (Fsp3) is 0.435. The normalized spacial score (nSPS) is 11.0. The molecule has 8 nitrogen and oxygen atoms in total. The van der Waals surface area contributed by atoms with Gasteiger partial charge in [0.1, 0.15) is 5.82 Å². The van der Waals surface area contributed by atoms with Crippen LogP contribution >= 0.6 is 11.3 Å². The van der Waals surface area contributed by atoms with E-state index in [4.69, 9.17) is 4.74 Å². The van der Waals surface area contributed by atoms with Crippen LogP contribution in [0.1, 0.15) is 37.7 Å². The number of nitrogens with zero attached hydrogens (tertiary/aromatic N) is 4. The van der Waals surface area contributed by atoms with Crippen molar-refractivity contribution in [3.63, 3.8) is 0 Å². The summed E-state index contributed by atoms with van der Waals surface area (Å²) in [6, 6.07) is 6.96. The van der Waals surface area contributed by atoms with Crippen molar-refractivity contribution in [1.29, 1.82) is 0 Å². The fourth-order valence-corrected chi connectivity index (χ4v) is 4.16. The molecule has 0 saturated heterocycles. The maximum atomic E-state index is 12.8. The molecule has 1 N–H and O–H groups in total. The third-order valence-electron chi connectivity index (χ3n) is 4.98. The number of carbonyl (C=O) groups excluding carboxylic acids is 1. The molecular weight excluding hydrogens is 464 g/mol. The first kappa shape index (κ1) is 25.4. The summed E-state index contributed by atoms with van der Waals surface area (Å²) >= 11 is 1.62. The molecule has 34 heavy (non-hydrogen) atoms. The van der Waals surface area contributed by atoms with Crippen LogP contribution in [0.15, 0.2) is 35.0 Å². The molecule has 0 saturated carbocycles. The van der Waals surface area contributed by atoms with Gasteiger partial charge in [0.15, 0.2) is 11.5 Å². The van der Waals surface area contributed by atoms with Gasteiger partial charge < -0.3 is 19.7 Å². The zero-order chi connectivity index (χ0) is 24.5. The highest BCUT2D eigenvalue weighted by molar-refractivity contribution is 7.07. The minimum absolute atomic E-state index is 0.00492. The lowest BCUT2D eigenvalue weighted by atomic mass is 10.2. The molecule has 0 spiro atoms. The van der Waals surface area contributed by atoms with Crippen molar-refractivity contribution in [1.82, 2.24) is 20.1 Å². The SMILES string of the molecule is CCOc1cc(Cn2c(CC)nnc2N(CCNC(C)=O)Cc2ccsc2)ccc1OC(F)F. The molecule has 1 amide bonds. The van der Waals surface area contributed by atoms with Gasteiger partial charge in [-0.05, 0) is 47.0 Å². The Labute approximate surface area is 201 Å². The fourth-order valence-electron chi connectivity index (χ4n) is 3.50. The van der Waals surface area contributed by atoms with Crippen LogP contribution in [0.3, 0.4) is 0 Å². The maximum absolute atomic E-state index is 12.8. The average Bonchev–Trinajstić information content (AvgIpc) is 3.44. The Bertz CT molecular complexity index is 1060. The number of aromatic nitrogens is 3. The lowest BCUT2D eigenvalue weighted by Crippen LogP contribution is -2.35. The second kappa shape index (κ2) is 12.3. The van der Waals surface area contributed by atoms with E-state index in [0.29, 0.717) is 45.2 Å². The van der Waals surface area contributed by atoms with Crippen molar-refractivity contribution in [2.45, 2.75) is 46.9 Å². The summed E-state index contributed by atoms with van der Waals surface area (Å²) in [6.07, 6.45) is 0.663. The van der Waals surface area contributed by atoms with Crippen LogP contribution in [0.5, 0.6) is 11.5 Å². The number of rotatable bonds is 13. The van der Waals surface area contributed by atoms with Crippen LogP contribution in [-0.2, 0) is 24.3 Å². The van der Waals surface area contributed by atoms with E-state index in [1.54, 1.807) is 30.4 Å². The van der Waals surface area contributed by atoms with Gasteiger partial charge in [-0.2, -0.15) is 20.1 Å². The number of nitrogens with one attached hydrogen (secondary N) is 1. The van der Waals surface area contributed by atoms with Gasteiger partial charge in [0.05, 0.1) is 13.2 Å². The van der Waals surface area contributed by atoms with Crippen molar-refractivity contribution >= 4 is 23.2 Å². The van der Waals surface area contributed by atoms with Crippen molar-refractivity contribution in [2.75, 3.05) is 24.6 Å². The molecule has 0 aliphatic heterocycles. The summed E-state index contributed by atoms with van der Waals surface area (Å²) in [6.45, 7) is 4.67. The minimum Gasteiger partial charge on any atom is -0.490 e. The zero-order valence-corrected chi connectivity index (χ0v) is 20.3. The number of aryl methyl sites for hydroxylation is 1. The lowest BCUT2D eigenvalue weighted by Gasteiger charge is -2.24. The molecule has 0 bridgehead atoms. The van der Waals surface area contributed by atoms with E-state index < -0.39 is 6.61 Å². The van der Waals surface area contributed by atoms with Crippen molar-refractivity contribution in [2.24, 2.45) is 0 Å². The molecule has 0 radical (unpaired) electrons. The van der Waals surface area contributed by atoms with Gasteiger partial charge in [0.25, 0.3) is 0 Å². The van der Waals surface area contributed by atoms with Crippen LogP contribution in [0.4, 0.5) is 14.7 Å². The van der Waals surface area contributed by atoms with Gasteiger partial charge in [0.2, 0.25) is 11.9 Å². The maximum Gasteiger partial charge on any atom is 0.387 e. The molecule has 11 heteroatoms. The number of halogens is 2. The molecule has 3 aromatic rings. The van der Waals surface area contributed by atoms with Gasteiger partial charge in [-0.3, -0.25) is 9.36 Å².